The molecule has 5 saturated carbocycles. The van der Waals surface area contributed by atoms with Crippen LogP contribution in [0.1, 0.15) is 83.5 Å². The molecule has 0 aliphatic heterocycles. The smallest absolute Gasteiger partial charge is 0.0638 e. The molecular weight excluding hydrogens is 390 g/mol. The maximum absolute atomic E-state index is 6.30. The summed E-state index contributed by atoms with van der Waals surface area (Å²) in [7, 11) is 2.01. The van der Waals surface area contributed by atoms with Gasteiger partial charge >= 0.3 is 0 Å². The summed E-state index contributed by atoms with van der Waals surface area (Å²) in [6, 6.07) is 6.34. The van der Waals surface area contributed by atoms with Crippen LogP contribution in [0, 0.1) is 58.7 Å². The third-order valence-corrected chi connectivity index (χ3v) is 12.0. The number of methoxy groups -OCH3 is 1. The number of aryl methyl sites for hydroxylation is 1. The van der Waals surface area contributed by atoms with E-state index in [9.17, 15) is 0 Å². The molecule has 5 aliphatic rings. The van der Waals surface area contributed by atoms with E-state index in [4.69, 9.17) is 9.72 Å². The first kappa shape index (κ1) is 21.4. The van der Waals surface area contributed by atoms with Gasteiger partial charge < -0.3 is 4.74 Å². The topological polar surface area (TPSA) is 22.1 Å². The molecule has 10 atom stereocenters. The van der Waals surface area contributed by atoms with Crippen molar-refractivity contribution in [3.05, 3.63) is 35.7 Å². The zero-order valence-electron chi connectivity index (χ0n) is 20.9. The minimum absolute atomic E-state index is 0.492. The van der Waals surface area contributed by atoms with E-state index in [1.54, 1.807) is 0 Å². The Labute approximate surface area is 195 Å². The average Bonchev–Trinajstić information content (AvgIpc) is 3.28. The highest BCUT2D eigenvalue weighted by Gasteiger charge is 2.77. The van der Waals surface area contributed by atoms with Crippen LogP contribution in [0.25, 0.3) is 6.08 Å². The lowest BCUT2D eigenvalue weighted by atomic mass is 9.45. The van der Waals surface area contributed by atoms with E-state index in [0.717, 1.165) is 41.0 Å². The van der Waals surface area contributed by atoms with Gasteiger partial charge in [0, 0.05) is 18.2 Å². The summed E-state index contributed by atoms with van der Waals surface area (Å²) < 4.78 is 6.30. The van der Waals surface area contributed by atoms with Crippen LogP contribution in [0.3, 0.4) is 0 Å². The number of aromatic nitrogens is 1. The summed E-state index contributed by atoms with van der Waals surface area (Å²) in [5, 5.41) is 0. The maximum Gasteiger partial charge on any atom is 0.0638 e. The summed E-state index contributed by atoms with van der Waals surface area (Å²) >= 11 is 0. The Bertz CT molecular complexity index is 923. The Hall–Kier alpha value is -1.15. The molecule has 1 unspecified atom stereocenters. The molecule has 0 N–H and O–H groups in total. The number of ether oxygens (including phenoxy) is 1. The molecule has 0 bridgehead atoms. The molecule has 2 heteroatoms. The van der Waals surface area contributed by atoms with E-state index in [0.29, 0.717) is 28.3 Å². The van der Waals surface area contributed by atoms with Gasteiger partial charge in [0.05, 0.1) is 11.8 Å². The van der Waals surface area contributed by atoms with Crippen LogP contribution < -0.4 is 0 Å². The van der Waals surface area contributed by atoms with Gasteiger partial charge in [0.15, 0.2) is 0 Å². The summed E-state index contributed by atoms with van der Waals surface area (Å²) in [6.07, 6.45) is 16.8. The molecule has 0 radical (unpaired) electrons. The van der Waals surface area contributed by atoms with Gasteiger partial charge in [-0.25, -0.2) is 0 Å². The normalized spacial score (nSPS) is 49.9. The van der Waals surface area contributed by atoms with E-state index in [-0.39, 0.29) is 0 Å². The van der Waals surface area contributed by atoms with Crippen molar-refractivity contribution in [2.24, 2.45) is 51.8 Å². The molecule has 1 aromatic rings. The Morgan fingerprint density at radius 3 is 2.69 bits per heavy atom. The van der Waals surface area contributed by atoms with Crippen molar-refractivity contribution in [1.82, 2.24) is 4.98 Å². The molecule has 2 nitrogen and oxygen atoms in total. The quantitative estimate of drug-likeness (QED) is 0.496. The molecule has 1 spiro atoms. The SMILES string of the molecule is CO[C@@H]1C[C@H]2[C@@H]3CC[C@H]([C@H](C)/C=C/c4cccc(C)n4)[C@@]3(C)CC[C@@H]2[C@@]2(C)CC[C@@H]3CC312. The molecule has 6 rings (SSSR count). The third kappa shape index (κ3) is 2.71. The lowest BCUT2D eigenvalue weighted by molar-refractivity contribution is -0.160. The summed E-state index contributed by atoms with van der Waals surface area (Å²) in [5.74, 6) is 5.12. The van der Waals surface area contributed by atoms with Crippen LogP contribution in [0.15, 0.2) is 24.3 Å². The van der Waals surface area contributed by atoms with Crippen molar-refractivity contribution in [3.63, 3.8) is 0 Å². The largest absolute Gasteiger partial charge is 0.381 e. The molecule has 0 saturated heterocycles. The van der Waals surface area contributed by atoms with Crippen LogP contribution in [-0.4, -0.2) is 18.2 Å². The summed E-state index contributed by atoms with van der Waals surface area (Å²) in [6.45, 7) is 9.91. The van der Waals surface area contributed by atoms with Gasteiger partial charge in [0.1, 0.15) is 0 Å². The van der Waals surface area contributed by atoms with E-state index >= 15 is 0 Å². The number of hydrogen-bond donors (Lipinski definition) is 0. The van der Waals surface area contributed by atoms with Crippen LogP contribution in [0.2, 0.25) is 0 Å². The Morgan fingerprint density at radius 2 is 1.94 bits per heavy atom. The van der Waals surface area contributed by atoms with E-state index < -0.39 is 0 Å². The van der Waals surface area contributed by atoms with Gasteiger partial charge in [-0.2, -0.15) is 0 Å². The fourth-order valence-electron chi connectivity index (χ4n) is 10.5. The van der Waals surface area contributed by atoms with Gasteiger partial charge in [0.2, 0.25) is 0 Å². The fourth-order valence-corrected chi connectivity index (χ4v) is 10.5. The zero-order chi connectivity index (χ0) is 22.3. The third-order valence-electron chi connectivity index (χ3n) is 12.0. The van der Waals surface area contributed by atoms with Gasteiger partial charge in [-0.05, 0) is 123 Å². The second kappa shape index (κ2) is 7.17. The first-order valence-electron chi connectivity index (χ1n) is 13.5. The Kier molecular flexibility index (Phi) is 4.79. The molecule has 0 amide bonds. The van der Waals surface area contributed by atoms with Gasteiger partial charge in [-0.1, -0.05) is 32.9 Å². The van der Waals surface area contributed by atoms with Crippen molar-refractivity contribution < 1.29 is 4.74 Å². The standard InChI is InChI=1S/C30H43NO/c1-19(9-10-22-8-6-7-20(2)31-22)24-11-12-25-23-17-27(32-5)30-18-21(30)13-16-29(30,4)26(23)14-15-28(24,25)3/h6-10,19,21,23-27H,11-18H2,1-5H3/b10-9+/t19-,21-,23+,24-,25+,26+,27-,28-,29-,30?/m1/s1. The number of pyridine rings is 1. The van der Waals surface area contributed by atoms with Crippen molar-refractivity contribution in [2.45, 2.75) is 85.2 Å². The van der Waals surface area contributed by atoms with E-state index in [2.05, 4.69) is 58.0 Å². The molecule has 0 aromatic carbocycles. The fraction of sp³-hybridized carbons (Fsp3) is 0.767. The van der Waals surface area contributed by atoms with Crippen molar-refractivity contribution in [3.8, 4) is 0 Å². The molecule has 1 heterocycles. The molecule has 5 aliphatic carbocycles. The molecular formula is C30H43NO. The van der Waals surface area contributed by atoms with Crippen molar-refractivity contribution in [1.29, 1.82) is 0 Å². The highest BCUT2D eigenvalue weighted by atomic mass is 16.5. The number of hydrogen-bond acceptors (Lipinski definition) is 2. The number of rotatable bonds is 4. The zero-order valence-corrected chi connectivity index (χ0v) is 20.9. The van der Waals surface area contributed by atoms with Gasteiger partial charge in [-0.3, -0.25) is 4.98 Å². The predicted molar refractivity (Wildman–Crippen MR) is 131 cm³/mol. The van der Waals surface area contributed by atoms with Gasteiger partial charge in [-0.15, -0.1) is 0 Å². The molecule has 32 heavy (non-hydrogen) atoms. The van der Waals surface area contributed by atoms with E-state index in [1.807, 2.05) is 7.11 Å². The molecule has 1 aromatic heterocycles. The predicted octanol–water partition coefficient (Wildman–Crippen LogP) is 7.32. The van der Waals surface area contributed by atoms with Crippen molar-refractivity contribution >= 4 is 6.08 Å². The second-order valence-electron chi connectivity index (χ2n) is 12.9. The first-order valence-corrected chi connectivity index (χ1v) is 13.5. The Balaban J connectivity index is 1.25. The molecule has 5 fully saturated rings. The number of nitrogens with zero attached hydrogens (tertiary/aromatic N) is 1. The average molecular weight is 434 g/mol. The first-order chi connectivity index (χ1) is 15.3. The highest BCUT2D eigenvalue weighted by Crippen LogP contribution is 2.82. The minimum atomic E-state index is 0.492. The number of fused-ring (bicyclic) bond motifs is 4. The van der Waals surface area contributed by atoms with Gasteiger partial charge in [0.25, 0.3) is 0 Å². The molecule has 174 valence electrons. The summed E-state index contributed by atoms with van der Waals surface area (Å²) in [5.41, 5.74) is 3.79. The van der Waals surface area contributed by atoms with Crippen molar-refractivity contribution in [2.75, 3.05) is 7.11 Å². The lowest BCUT2D eigenvalue weighted by Gasteiger charge is -2.61. The monoisotopic (exact) mass is 433 g/mol. The lowest BCUT2D eigenvalue weighted by Crippen LogP contribution is -2.57. The number of allylic oxidation sites excluding steroid dienone is 1. The minimum Gasteiger partial charge on any atom is -0.381 e. The van der Waals surface area contributed by atoms with Crippen LogP contribution in [0.5, 0.6) is 0 Å². The maximum atomic E-state index is 6.30. The second-order valence-corrected chi connectivity index (χ2v) is 12.9. The van der Waals surface area contributed by atoms with Crippen LogP contribution >= 0.6 is 0 Å². The van der Waals surface area contributed by atoms with Crippen LogP contribution in [-0.2, 0) is 4.74 Å². The Morgan fingerprint density at radius 1 is 1.09 bits per heavy atom. The summed E-state index contributed by atoms with van der Waals surface area (Å²) in [4.78, 5) is 4.69. The van der Waals surface area contributed by atoms with Crippen LogP contribution in [0.4, 0.5) is 0 Å². The van der Waals surface area contributed by atoms with E-state index in [1.165, 1.54) is 51.4 Å². The highest BCUT2D eigenvalue weighted by molar-refractivity contribution is 5.45.